The van der Waals surface area contributed by atoms with E-state index in [9.17, 15) is 19.5 Å². The summed E-state index contributed by atoms with van der Waals surface area (Å²) in [5, 5.41) is 12.9. The van der Waals surface area contributed by atoms with Gasteiger partial charge in [0.2, 0.25) is 11.8 Å². The van der Waals surface area contributed by atoms with Crippen molar-refractivity contribution >= 4 is 29.2 Å². The number of carbonyl (C=O) groups is 1. The number of hydrogen-bond acceptors (Lipinski definition) is 7. The van der Waals surface area contributed by atoms with Gasteiger partial charge in [-0.15, -0.1) is 0 Å². The van der Waals surface area contributed by atoms with Gasteiger partial charge in [-0.3, -0.25) is 9.36 Å². The summed E-state index contributed by atoms with van der Waals surface area (Å²) in [7, 11) is 0. The van der Waals surface area contributed by atoms with E-state index in [1.54, 1.807) is 36.4 Å². The van der Waals surface area contributed by atoms with Crippen molar-refractivity contribution in [2.45, 2.75) is 46.9 Å². The Morgan fingerprint density at radius 3 is 2.38 bits per heavy atom. The third-order valence-electron chi connectivity index (χ3n) is 4.89. The van der Waals surface area contributed by atoms with Crippen LogP contribution in [0, 0.1) is 5.41 Å². The third kappa shape index (κ3) is 6.02. The lowest BCUT2D eigenvalue weighted by atomic mass is 9.94. The molecular formula is C23H26ClN5O5. The Hall–Kier alpha value is -3.66. The van der Waals surface area contributed by atoms with Gasteiger partial charge in [-0.05, 0) is 51.5 Å². The predicted molar refractivity (Wildman–Crippen MR) is 128 cm³/mol. The van der Waals surface area contributed by atoms with Gasteiger partial charge in [0.1, 0.15) is 0 Å². The zero-order chi connectivity index (χ0) is 25.0. The Morgan fingerprint density at radius 2 is 1.82 bits per heavy atom. The minimum Gasteiger partial charge on any atom is -0.481 e. The number of aromatic nitrogens is 4. The topological polar surface area (TPSA) is 128 Å². The number of pyridine rings is 1. The third-order valence-corrected chi connectivity index (χ3v) is 5.14. The normalized spacial score (nSPS) is 11.5. The standard InChI is InChI=1S/C23H26ClN5O5/c1-14(2)34-18-10-9-17(11-25-18)26-20-27-21(32)29(13-23(3,4)19(30)31)22(33)28(20)12-15-5-7-16(24)8-6-15/h5-11,14H,12-13H2,1-4H3,(H,30,31)(H,26,27,32). The van der Waals surface area contributed by atoms with Crippen LogP contribution in [0.3, 0.4) is 0 Å². The van der Waals surface area contributed by atoms with Crippen molar-refractivity contribution in [2.24, 2.45) is 5.41 Å². The monoisotopic (exact) mass is 487 g/mol. The molecule has 0 aliphatic carbocycles. The Labute approximate surface area is 200 Å². The van der Waals surface area contributed by atoms with E-state index >= 15 is 0 Å². The summed E-state index contributed by atoms with van der Waals surface area (Å²) in [6.07, 6.45) is 1.45. The van der Waals surface area contributed by atoms with E-state index in [4.69, 9.17) is 16.3 Å². The molecule has 0 aliphatic heterocycles. The number of carboxylic acid groups (broad SMARTS) is 1. The first-order valence-corrected chi connectivity index (χ1v) is 10.9. The molecule has 180 valence electrons. The minimum absolute atomic E-state index is 0.00587. The number of halogens is 1. The molecule has 0 atom stereocenters. The number of nitrogens with zero attached hydrogens (tertiary/aromatic N) is 4. The summed E-state index contributed by atoms with van der Waals surface area (Å²) in [6, 6.07) is 10.2. The average molecular weight is 488 g/mol. The Bertz CT molecular complexity index is 1280. The van der Waals surface area contributed by atoms with Crippen molar-refractivity contribution in [3.63, 3.8) is 0 Å². The van der Waals surface area contributed by atoms with Crippen LogP contribution in [0.5, 0.6) is 5.88 Å². The fourth-order valence-electron chi connectivity index (χ4n) is 3.03. The fraction of sp³-hybridized carbons (Fsp3) is 0.348. The van der Waals surface area contributed by atoms with E-state index in [2.05, 4.69) is 15.3 Å². The zero-order valence-corrected chi connectivity index (χ0v) is 20.0. The van der Waals surface area contributed by atoms with Gasteiger partial charge in [-0.1, -0.05) is 23.7 Å². The summed E-state index contributed by atoms with van der Waals surface area (Å²) in [5.41, 5.74) is -1.69. The van der Waals surface area contributed by atoms with Crippen LogP contribution in [0.25, 0.3) is 0 Å². The molecule has 10 nitrogen and oxygen atoms in total. The molecule has 0 bridgehead atoms. The number of ether oxygens (including phenoxy) is 1. The second-order valence-electron chi connectivity index (χ2n) is 8.67. The Kier molecular flexibility index (Phi) is 7.41. The molecule has 0 spiro atoms. The maximum Gasteiger partial charge on any atom is 0.354 e. The van der Waals surface area contributed by atoms with Crippen LogP contribution in [0.4, 0.5) is 11.6 Å². The number of hydrogen-bond donors (Lipinski definition) is 2. The summed E-state index contributed by atoms with van der Waals surface area (Å²) >= 11 is 5.97. The molecule has 1 aromatic carbocycles. The number of nitrogens with one attached hydrogen (secondary N) is 1. The van der Waals surface area contributed by atoms with Gasteiger partial charge in [0.15, 0.2) is 0 Å². The summed E-state index contributed by atoms with van der Waals surface area (Å²) in [6.45, 7) is 6.37. The van der Waals surface area contributed by atoms with Crippen LogP contribution < -0.4 is 21.4 Å². The van der Waals surface area contributed by atoms with Crippen LogP contribution in [-0.2, 0) is 17.9 Å². The highest BCUT2D eigenvalue weighted by molar-refractivity contribution is 6.30. The second-order valence-corrected chi connectivity index (χ2v) is 9.10. The summed E-state index contributed by atoms with van der Waals surface area (Å²) in [5.74, 6) is -0.716. The molecule has 34 heavy (non-hydrogen) atoms. The molecule has 3 rings (SSSR count). The molecule has 0 unspecified atom stereocenters. The molecule has 2 aromatic heterocycles. The van der Waals surface area contributed by atoms with Crippen LogP contribution in [-0.4, -0.2) is 36.3 Å². The largest absolute Gasteiger partial charge is 0.481 e. The van der Waals surface area contributed by atoms with Gasteiger partial charge in [-0.2, -0.15) is 4.98 Å². The van der Waals surface area contributed by atoms with Crippen LogP contribution in [0.1, 0.15) is 33.3 Å². The lowest BCUT2D eigenvalue weighted by molar-refractivity contribution is -0.147. The number of anilines is 2. The molecule has 0 fully saturated rings. The van der Waals surface area contributed by atoms with Gasteiger partial charge < -0.3 is 15.2 Å². The smallest absolute Gasteiger partial charge is 0.354 e. The lowest BCUT2D eigenvalue weighted by Crippen LogP contribution is -2.46. The number of benzene rings is 1. The minimum atomic E-state index is -1.35. The molecule has 11 heteroatoms. The van der Waals surface area contributed by atoms with Gasteiger partial charge in [0.25, 0.3) is 0 Å². The van der Waals surface area contributed by atoms with Crippen molar-refractivity contribution in [3.05, 3.63) is 74.1 Å². The first kappa shape index (κ1) is 25.0. The summed E-state index contributed by atoms with van der Waals surface area (Å²) < 4.78 is 7.62. The fourth-order valence-corrected chi connectivity index (χ4v) is 3.16. The van der Waals surface area contributed by atoms with Gasteiger partial charge in [-0.25, -0.2) is 19.1 Å². The predicted octanol–water partition coefficient (Wildman–Crippen LogP) is 3.14. The highest BCUT2D eigenvalue weighted by atomic mass is 35.5. The highest BCUT2D eigenvalue weighted by Crippen LogP contribution is 2.19. The van der Waals surface area contributed by atoms with E-state index in [1.165, 1.54) is 24.6 Å². The summed E-state index contributed by atoms with van der Waals surface area (Å²) in [4.78, 5) is 45.9. The first-order valence-electron chi connectivity index (χ1n) is 10.6. The van der Waals surface area contributed by atoms with Crippen LogP contribution in [0.15, 0.2) is 52.2 Å². The Morgan fingerprint density at radius 1 is 1.15 bits per heavy atom. The van der Waals surface area contributed by atoms with Crippen molar-refractivity contribution in [1.29, 1.82) is 0 Å². The molecule has 2 N–H and O–H groups in total. The Balaban J connectivity index is 2.05. The molecule has 0 aliphatic rings. The molecule has 0 saturated carbocycles. The maximum atomic E-state index is 13.3. The van der Waals surface area contributed by atoms with E-state index in [1.807, 2.05) is 13.8 Å². The maximum absolute atomic E-state index is 13.3. The van der Waals surface area contributed by atoms with Crippen LogP contribution >= 0.6 is 11.6 Å². The number of aliphatic carboxylic acids is 1. The van der Waals surface area contributed by atoms with E-state index in [0.29, 0.717) is 16.6 Å². The first-order chi connectivity index (χ1) is 16.0. The van der Waals surface area contributed by atoms with E-state index in [0.717, 1.165) is 10.1 Å². The molecule has 0 radical (unpaired) electrons. The number of rotatable bonds is 9. The molecule has 2 heterocycles. The molecule has 0 saturated heterocycles. The van der Waals surface area contributed by atoms with Gasteiger partial charge >= 0.3 is 17.3 Å². The SMILES string of the molecule is CC(C)Oc1ccc(Nc2nc(=O)n(CC(C)(C)C(=O)O)c(=O)n2Cc2ccc(Cl)cc2)cn1. The average Bonchev–Trinajstić information content (AvgIpc) is 2.76. The van der Waals surface area contributed by atoms with Gasteiger partial charge in [0, 0.05) is 17.6 Å². The second kappa shape index (κ2) is 10.1. The quantitative estimate of drug-likeness (QED) is 0.471. The van der Waals surface area contributed by atoms with Crippen molar-refractivity contribution in [2.75, 3.05) is 5.32 Å². The molecular weight excluding hydrogens is 462 g/mol. The lowest BCUT2D eigenvalue weighted by Gasteiger charge is -2.21. The van der Waals surface area contributed by atoms with Crippen molar-refractivity contribution < 1.29 is 14.6 Å². The van der Waals surface area contributed by atoms with Crippen molar-refractivity contribution in [3.8, 4) is 5.88 Å². The number of carboxylic acids is 1. The zero-order valence-electron chi connectivity index (χ0n) is 19.3. The van der Waals surface area contributed by atoms with Crippen molar-refractivity contribution in [1.82, 2.24) is 19.1 Å². The molecule has 0 amide bonds. The van der Waals surface area contributed by atoms with E-state index < -0.39 is 22.8 Å². The van der Waals surface area contributed by atoms with E-state index in [-0.39, 0.29) is 25.1 Å². The van der Waals surface area contributed by atoms with Crippen LogP contribution in [0.2, 0.25) is 5.02 Å². The highest BCUT2D eigenvalue weighted by Gasteiger charge is 2.30. The molecule has 3 aromatic rings. The van der Waals surface area contributed by atoms with Gasteiger partial charge in [0.05, 0.1) is 29.9 Å².